The summed E-state index contributed by atoms with van der Waals surface area (Å²) < 4.78 is 13.6. The van der Waals surface area contributed by atoms with Crippen molar-refractivity contribution in [3.8, 4) is 5.75 Å². The maximum atomic E-state index is 13.9. The van der Waals surface area contributed by atoms with E-state index in [1.165, 1.54) is 0 Å². The highest BCUT2D eigenvalue weighted by Crippen LogP contribution is 2.18. The lowest BCUT2D eigenvalue weighted by Crippen LogP contribution is -2.43. The minimum absolute atomic E-state index is 0.0293. The molecule has 0 aliphatic rings. The molecule has 2 amide bonds. The van der Waals surface area contributed by atoms with Gasteiger partial charge in [-0.05, 0) is 60.0 Å². The Morgan fingerprint density at radius 3 is 2.37 bits per heavy atom. The van der Waals surface area contributed by atoms with Gasteiger partial charge in [-0.1, -0.05) is 64.5 Å². The first-order valence-electron chi connectivity index (χ1n) is 13.6. The predicted octanol–water partition coefficient (Wildman–Crippen LogP) is 6.02. The first kappa shape index (κ1) is 30.1. The molecule has 0 atom stereocenters. The molecular weight excluding hydrogens is 582 g/mol. The fraction of sp³-hybridized carbons (Fsp3) is 0.273. The molecule has 0 aliphatic heterocycles. The number of hydrogen-bond donors (Lipinski definition) is 0. The Morgan fingerprint density at radius 1 is 0.829 bits per heavy atom. The average molecular weight is 619 g/mol. The number of halogens is 1. The molecule has 3 aromatic carbocycles. The van der Waals surface area contributed by atoms with Crippen molar-refractivity contribution in [1.82, 2.24) is 14.4 Å². The summed E-state index contributed by atoms with van der Waals surface area (Å²) in [5, 5.41) is 0. The van der Waals surface area contributed by atoms with Crippen LogP contribution in [0.3, 0.4) is 0 Å². The quantitative estimate of drug-likeness (QED) is 0.162. The predicted molar refractivity (Wildman–Crippen MR) is 164 cm³/mol. The highest BCUT2D eigenvalue weighted by atomic mass is 79.9. The van der Waals surface area contributed by atoms with E-state index in [4.69, 9.17) is 9.47 Å². The van der Waals surface area contributed by atoms with Gasteiger partial charge in [0.25, 0.3) is 5.91 Å². The maximum absolute atomic E-state index is 13.9. The number of ether oxygens (including phenoxy) is 2. The normalized spacial score (nSPS) is 10.8. The summed E-state index contributed by atoms with van der Waals surface area (Å²) in [5.41, 5.74) is 3.66. The van der Waals surface area contributed by atoms with Crippen LogP contribution >= 0.6 is 15.9 Å². The molecule has 0 unspecified atom stereocenters. The minimum atomic E-state index is -0.184. The van der Waals surface area contributed by atoms with Gasteiger partial charge in [0.05, 0.1) is 13.7 Å². The lowest BCUT2D eigenvalue weighted by atomic mass is 10.1. The third-order valence-electron chi connectivity index (χ3n) is 6.79. The summed E-state index contributed by atoms with van der Waals surface area (Å²) in [5.74, 6) is 0.501. The zero-order chi connectivity index (χ0) is 29.0. The molecule has 0 saturated heterocycles. The highest BCUT2D eigenvalue weighted by molar-refractivity contribution is 9.10. The number of rotatable bonds is 14. The smallest absolute Gasteiger partial charge is 0.254 e. The Hall–Kier alpha value is -3.88. The monoisotopic (exact) mass is 617 g/mol. The fourth-order valence-corrected chi connectivity index (χ4v) is 5.07. The van der Waals surface area contributed by atoms with Crippen molar-refractivity contribution in [3.63, 3.8) is 0 Å². The molecule has 214 valence electrons. The van der Waals surface area contributed by atoms with Crippen LogP contribution in [0.15, 0.2) is 102 Å². The van der Waals surface area contributed by atoms with Crippen LogP contribution < -0.4 is 4.74 Å². The lowest BCUT2D eigenvalue weighted by Gasteiger charge is -2.28. The number of carbonyl (C=O) groups excluding carboxylic acids is 2. The van der Waals surface area contributed by atoms with E-state index in [0.717, 1.165) is 27.0 Å². The second-order valence-electron chi connectivity index (χ2n) is 9.80. The van der Waals surface area contributed by atoms with Gasteiger partial charge in [0, 0.05) is 55.3 Å². The fourth-order valence-electron chi connectivity index (χ4n) is 4.67. The molecule has 41 heavy (non-hydrogen) atoms. The zero-order valence-corrected chi connectivity index (χ0v) is 25.1. The van der Waals surface area contributed by atoms with Crippen molar-refractivity contribution in [1.29, 1.82) is 0 Å². The van der Waals surface area contributed by atoms with E-state index in [-0.39, 0.29) is 18.4 Å². The van der Waals surface area contributed by atoms with Gasteiger partial charge in [0.1, 0.15) is 12.3 Å². The summed E-state index contributed by atoms with van der Waals surface area (Å²) in [6.45, 7) is 2.37. The Balaban J connectivity index is 1.57. The van der Waals surface area contributed by atoms with Gasteiger partial charge in [0.2, 0.25) is 5.91 Å². The molecule has 0 saturated carbocycles. The first-order valence-corrected chi connectivity index (χ1v) is 14.4. The van der Waals surface area contributed by atoms with Crippen molar-refractivity contribution in [2.45, 2.75) is 26.1 Å². The zero-order valence-electron chi connectivity index (χ0n) is 23.5. The molecule has 0 radical (unpaired) electrons. The van der Waals surface area contributed by atoms with Crippen LogP contribution in [0.25, 0.3) is 0 Å². The SMILES string of the molecule is COCCCN(CC(=O)N(Cc1ccccc1)Cc1cccn1Cc1cccc(OC)c1)C(=O)c1cccc(Br)c1. The third-order valence-corrected chi connectivity index (χ3v) is 7.29. The van der Waals surface area contributed by atoms with Crippen molar-refractivity contribution in [3.05, 3.63) is 124 Å². The van der Waals surface area contributed by atoms with Crippen molar-refractivity contribution >= 4 is 27.7 Å². The summed E-state index contributed by atoms with van der Waals surface area (Å²) in [7, 11) is 3.29. The number of nitrogens with zero attached hydrogens (tertiary/aromatic N) is 3. The largest absolute Gasteiger partial charge is 0.497 e. The van der Waals surface area contributed by atoms with Gasteiger partial charge >= 0.3 is 0 Å². The van der Waals surface area contributed by atoms with Gasteiger partial charge in [-0.25, -0.2) is 0 Å². The van der Waals surface area contributed by atoms with E-state index in [0.29, 0.717) is 44.8 Å². The number of methoxy groups -OCH3 is 2. The Bertz CT molecular complexity index is 1420. The van der Waals surface area contributed by atoms with Crippen LogP contribution in [0.5, 0.6) is 5.75 Å². The number of amides is 2. The van der Waals surface area contributed by atoms with E-state index in [1.807, 2.05) is 83.9 Å². The van der Waals surface area contributed by atoms with Crippen molar-refractivity contribution in [2.24, 2.45) is 0 Å². The molecule has 4 rings (SSSR count). The molecule has 0 spiro atoms. The molecule has 0 N–H and O–H groups in total. The molecule has 0 fully saturated rings. The Morgan fingerprint density at radius 2 is 1.61 bits per heavy atom. The van der Waals surface area contributed by atoms with Gasteiger partial charge in [-0.3, -0.25) is 9.59 Å². The van der Waals surface area contributed by atoms with E-state index >= 15 is 0 Å². The van der Waals surface area contributed by atoms with Crippen LogP contribution in [0.4, 0.5) is 0 Å². The highest BCUT2D eigenvalue weighted by Gasteiger charge is 2.23. The van der Waals surface area contributed by atoms with Crippen LogP contribution in [0, 0.1) is 0 Å². The third kappa shape index (κ3) is 8.80. The van der Waals surface area contributed by atoms with E-state index < -0.39 is 0 Å². The number of hydrogen-bond acceptors (Lipinski definition) is 4. The molecule has 8 heteroatoms. The minimum Gasteiger partial charge on any atom is -0.497 e. The van der Waals surface area contributed by atoms with E-state index in [1.54, 1.807) is 31.3 Å². The van der Waals surface area contributed by atoms with Gasteiger partial charge < -0.3 is 23.8 Å². The number of benzene rings is 3. The molecule has 7 nitrogen and oxygen atoms in total. The first-order chi connectivity index (χ1) is 20.0. The van der Waals surface area contributed by atoms with Crippen molar-refractivity contribution < 1.29 is 19.1 Å². The van der Waals surface area contributed by atoms with E-state index in [2.05, 4.69) is 26.6 Å². The average Bonchev–Trinajstić information content (AvgIpc) is 3.42. The molecule has 1 aromatic heterocycles. The van der Waals surface area contributed by atoms with Gasteiger partial charge in [-0.15, -0.1) is 0 Å². The van der Waals surface area contributed by atoms with Crippen LogP contribution in [-0.4, -0.2) is 60.1 Å². The summed E-state index contributed by atoms with van der Waals surface area (Å²) in [6, 6.07) is 29.2. The summed E-state index contributed by atoms with van der Waals surface area (Å²) >= 11 is 3.45. The lowest BCUT2D eigenvalue weighted by molar-refractivity contribution is -0.133. The maximum Gasteiger partial charge on any atom is 0.254 e. The van der Waals surface area contributed by atoms with Gasteiger partial charge in [0.15, 0.2) is 0 Å². The van der Waals surface area contributed by atoms with Crippen LogP contribution in [0.2, 0.25) is 0 Å². The second-order valence-corrected chi connectivity index (χ2v) is 10.7. The molecule has 0 aliphatic carbocycles. The number of aromatic nitrogens is 1. The molecule has 1 heterocycles. The standard InChI is InChI=1S/C33H36BrN3O4/c1-40-19-9-18-36(33(39)28-13-7-14-29(34)21-28)25-32(38)37(22-26-10-4-3-5-11-26)24-30-15-8-17-35(30)23-27-12-6-16-31(20-27)41-2/h3-8,10-17,20-21H,9,18-19,22-25H2,1-2H3. The summed E-state index contributed by atoms with van der Waals surface area (Å²) in [4.78, 5) is 30.9. The Labute approximate surface area is 250 Å². The molecular formula is C33H36BrN3O4. The molecule has 4 aromatic rings. The molecule has 0 bridgehead atoms. The second kappa shape index (κ2) is 15.2. The number of carbonyl (C=O) groups is 2. The van der Waals surface area contributed by atoms with Crippen molar-refractivity contribution in [2.75, 3.05) is 33.9 Å². The van der Waals surface area contributed by atoms with Gasteiger partial charge in [-0.2, -0.15) is 0 Å². The topological polar surface area (TPSA) is 64.0 Å². The van der Waals surface area contributed by atoms with E-state index in [9.17, 15) is 9.59 Å². The summed E-state index contributed by atoms with van der Waals surface area (Å²) in [6.07, 6.45) is 2.65. The van der Waals surface area contributed by atoms with Crippen LogP contribution in [-0.2, 0) is 29.2 Å². The Kier molecular flexibility index (Phi) is 11.2. The van der Waals surface area contributed by atoms with Crippen LogP contribution in [0.1, 0.15) is 33.6 Å².